The fraction of sp³-hybridized carbons (Fsp3) is 0.444. The minimum Gasteiger partial charge on any atom is -0.334 e. The maximum atomic E-state index is 13.8. The van der Waals surface area contributed by atoms with Gasteiger partial charge in [-0.15, -0.1) is 0 Å². The molecule has 0 atom stereocenters. The van der Waals surface area contributed by atoms with Crippen LogP contribution in [0.15, 0.2) is 28.8 Å². The predicted octanol–water partition coefficient (Wildman–Crippen LogP) is 6.35. The number of benzene rings is 1. The van der Waals surface area contributed by atoms with E-state index in [1.807, 2.05) is 56.6 Å². The van der Waals surface area contributed by atoms with Gasteiger partial charge in [0.05, 0.1) is 33.4 Å². The average molecular weight is 475 g/mol. The summed E-state index contributed by atoms with van der Waals surface area (Å²) >= 11 is 0. The molecule has 0 saturated carbocycles. The number of fused-ring (bicyclic) bond motifs is 1. The summed E-state index contributed by atoms with van der Waals surface area (Å²) in [6.45, 7) is 18.3. The Morgan fingerprint density at radius 1 is 1.06 bits per heavy atom. The zero-order valence-corrected chi connectivity index (χ0v) is 22.0. The van der Waals surface area contributed by atoms with Gasteiger partial charge in [0.15, 0.2) is 11.5 Å². The molecule has 1 aromatic carbocycles. The SMILES string of the molecule is Cc1cccc(-c2nc(C(C)C)no2)c1NC(=O)c1cc(C(C)C)nc2c1c(C)nn2C(C)(C)C. The Bertz CT molecular complexity index is 1410. The lowest BCUT2D eigenvalue weighted by Gasteiger charge is -2.20. The molecule has 0 spiro atoms. The van der Waals surface area contributed by atoms with E-state index >= 15 is 0 Å². The molecule has 0 bridgehead atoms. The van der Waals surface area contributed by atoms with Crippen LogP contribution in [0.4, 0.5) is 5.69 Å². The summed E-state index contributed by atoms with van der Waals surface area (Å²) in [7, 11) is 0. The van der Waals surface area contributed by atoms with Gasteiger partial charge in [0.2, 0.25) is 0 Å². The minimum absolute atomic E-state index is 0.136. The molecule has 0 unspecified atom stereocenters. The van der Waals surface area contributed by atoms with Crippen molar-refractivity contribution >= 4 is 22.6 Å². The van der Waals surface area contributed by atoms with Crippen molar-refractivity contribution in [1.82, 2.24) is 24.9 Å². The number of para-hydroxylation sites is 1. The molecule has 0 aliphatic heterocycles. The molecule has 3 heterocycles. The molecular weight excluding hydrogens is 440 g/mol. The Hall–Kier alpha value is -3.55. The standard InChI is InChI=1S/C27H34N6O2/c1-14(2)20-13-19(21-17(6)31-33(24(21)28-20)27(7,8)9)25(34)29-22-16(5)11-10-12-18(22)26-30-23(15(3)4)32-35-26/h10-15H,1-9H3,(H,29,34). The van der Waals surface area contributed by atoms with Crippen molar-refractivity contribution in [3.05, 3.63) is 52.6 Å². The second kappa shape index (κ2) is 8.91. The highest BCUT2D eigenvalue weighted by atomic mass is 16.5. The topological polar surface area (TPSA) is 98.7 Å². The highest BCUT2D eigenvalue weighted by Gasteiger charge is 2.26. The number of aryl methyl sites for hydroxylation is 2. The molecule has 1 amide bonds. The van der Waals surface area contributed by atoms with Gasteiger partial charge in [0, 0.05) is 11.6 Å². The molecule has 4 rings (SSSR count). The largest absolute Gasteiger partial charge is 0.334 e. The number of amides is 1. The van der Waals surface area contributed by atoms with Crippen LogP contribution in [-0.4, -0.2) is 30.8 Å². The summed E-state index contributed by atoms with van der Waals surface area (Å²) in [5.41, 5.74) is 4.84. The molecule has 0 aliphatic rings. The van der Waals surface area contributed by atoms with Crippen molar-refractivity contribution in [2.45, 2.75) is 79.7 Å². The van der Waals surface area contributed by atoms with Crippen molar-refractivity contribution in [3.8, 4) is 11.5 Å². The monoisotopic (exact) mass is 474 g/mol. The molecular formula is C27H34N6O2. The molecule has 1 N–H and O–H groups in total. The van der Waals surface area contributed by atoms with E-state index < -0.39 is 0 Å². The molecule has 8 nitrogen and oxygen atoms in total. The number of aromatic nitrogens is 5. The summed E-state index contributed by atoms with van der Waals surface area (Å²) < 4.78 is 7.45. The first-order chi connectivity index (χ1) is 16.4. The second-order valence-corrected chi connectivity index (χ2v) is 10.7. The lowest BCUT2D eigenvalue weighted by atomic mass is 10.0. The van der Waals surface area contributed by atoms with Crippen LogP contribution in [0.3, 0.4) is 0 Å². The number of carbonyl (C=O) groups is 1. The first-order valence-electron chi connectivity index (χ1n) is 12.0. The van der Waals surface area contributed by atoms with E-state index in [0.717, 1.165) is 28.0 Å². The van der Waals surface area contributed by atoms with E-state index in [2.05, 4.69) is 50.1 Å². The lowest BCUT2D eigenvalue weighted by Crippen LogP contribution is -2.24. The Morgan fingerprint density at radius 3 is 2.37 bits per heavy atom. The minimum atomic E-state index is -0.280. The van der Waals surface area contributed by atoms with Gasteiger partial charge in [-0.1, -0.05) is 45.0 Å². The van der Waals surface area contributed by atoms with Crippen LogP contribution in [0.5, 0.6) is 0 Å². The third kappa shape index (κ3) is 4.57. The number of rotatable bonds is 5. The van der Waals surface area contributed by atoms with Crippen LogP contribution in [-0.2, 0) is 5.54 Å². The van der Waals surface area contributed by atoms with Crippen molar-refractivity contribution in [1.29, 1.82) is 0 Å². The van der Waals surface area contributed by atoms with Crippen molar-refractivity contribution in [3.63, 3.8) is 0 Å². The summed E-state index contributed by atoms with van der Waals surface area (Å²) in [5.74, 6) is 1.07. The molecule has 0 aliphatic carbocycles. The Morgan fingerprint density at radius 2 is 1.77 bits per heavy atom. The van der Waals surface area contributed by atoms with Crippen LogP contribution >= 0.6 is 0 Å². The third-order valence-electron chi connectivity index (χ3n) is 6.00. The van der Waals surface area contributed by atoms with Gasteiger partial charge in [0.1, 0.15) is 0 Å². The number of hydrogen-bond acceptors (Lipinski definition) is 6. The van der Waals surface area contributed by atoms with Gasteiger partial charge in [-0.2, -0.15) is 10.1 Å². The zero-order chi connectivity index (χ0) is 25.7. The number of nitrogens with one attached hydrogen (secondary N) is 1. The van der Waals surface area contributed by atoms with Gasteiger partial charge in [-0.3, -0.25) is 4.79 Å². The van der Waals surface area contributed by atoms with Crippen LogP contribution in [0.25, 0.3) is 22.5 Å². The molecule has 4 aromatic rings. The van der Waals surface area contributed by atoms with E-state index in [4.69, 9.17) is 14.6 Å². The Kier molecular flexibility index (Phi) is 6.25. The smallest absolute Gasteiger partial charge is 0.260 e. The number of carbonyl (C=O) groups excluding carboxylic acids is 1. The maximum Gasteiger partial charge on any atom is 0.260 e. The zero-order valence-electron chi connectivity index (χ0n) is 22.0. The summed E-state index contributed by atoms with van der Waals surface area (Å²) in [4.78, 5) is 23.3. The van der Waals surface area contributed by atoms with E-state index in [9.17, 15) is 4.79 Å². The van der Waals surface area contributed by atoms with Gasteiger partial charge in [0.25, 0.3) is 11.8 Å². The van der Waals surface area contributed by atoms with E-state index in [1.165, 1.54) is 0 Å². The second-order valence-electron chi connectivity index (χ2n) is 10.7. The van der Waals surface area contributed by atoms with Gasteiger partial charge >= 0.3 is 0 Å². The molecule has 0 saturated heterocycles. The van der Waals surface area contributed by atoms with Crippen LogP contribution in [0, 0.1) is 13.8 Å². The van der Waals surface area contributed by atoms with Crippen molar-refractivity contribution < 1.29 is 9.32 Å². The molecule has 35 heavy (non-hydrogen) atoms. The van der Waals surface area contributed by atoms with E-state index in [0.29, 0.717) is 28.5 Å². The first kappa shape index (κ1) is 24.6. The number of nitrogens with zero attached hydrogens (tertiary/aromatic N) is 5. The van der Waals surface area contributed by atoms with Crippen LogP contribution in [0.1, 0.15) is 93.4 Å². The van der Waals surface area contributed by atoms with Gasteiger partial charge < -0.3 is 9.84 Å². The Balaban J connectivity index is 1.85. The fourth-order valence-electron chi connectivity index (χ4n) is 4.02. The molecule has 0 fully saturated rings. The van der Waals surface area contributed by atoms with Crippen LogP contribution < -0.4 is 5.32 Å². The highest BCUT2D eigenvalue weighted by Crippen LogP contribution is 2.33. The van der Waals surface area contributed by atoms with Gasteiger partial charge in [-0.25, -0.2) is 9.67 Å². The van der Waals surface area contributed by atoms with Gasteiger partial charge in [-0.05, 0) is 58.2 Å². The summed E-state index contributed by atoms with van der Waals surface area (Å²) in [6, 6.07) is 7.62. The van der Waals surface area contributed by atoms with Crippen molar-refractivity contribution in [2.75, 3.05) is 5.32 Å². The van der Waals surface area contributed by atoms with E-state index in [1.54, 1.807) is 0 Å². The van der Waals surface area contributed by atoms with Crippen molar-refractivity contribution in [2.24, 2.45) is 0 Å². The first-order valence-corrected chi connectivity index (χ1v) is 12.0. The molecule has 184 valence electrons. The lowest BCUT2D eigenvalue weighted by molar-refractivity contribution is 0.102. The quantitative estimate of drug-likeness (QED) is 0.362. The number of anilines is 1. The Labute approximate surface area is 206 Å². The third-order valence-corrected chi connectivity index (χ3v) is 6.00. The average Bonchev–Trinajstić information content (AvgIpc) is 3.39. The molecule has 3 aromatic heterocycles. The molecule has 8 heteroatoms. The van der Waals surface area contributed by atoms with Crippen LogP contribution in [0.2, 0.25) is 0 Å². The maximum absolute atomic E-state index is 13.8. The number of pyridine rings is 1. The summed E-state index contributed by atoms with van der Waals surface area (Å²) in [6.07, 6.45) is 0. The predicted molar refractivity (Wildman–Crippen MR) is 138 cm³/mol. The normalized spacial score (nSPS) is 12.2. The van der Waals surface area contributed by atoms with E-state index in [-0.39, 0.29) is 23.3 Å². The molecule has 0 radical (unpaired) electrons. The summed E-state index contributed by atoms with van der Waals surface area (Å²) in [5, 5.41) is 12.7. The fourth-order valence-corrected chi connectivity index (χ4v) is 4.02. The number of hydrogen-bond donors (Lipinski definition) is 1. The highest BCUT2D eigenvalue weighted by molar-refractivity contribution is 6.14.